The Labute approximate surface area is 87.3 Å². The van der Waals surface area contributed by atoms with Gasteiger partial charge in [0.15, 0.2) is 0 Å². The smallest absolute Gasteiger partial charge is 0.221 e. The molecule has 76 valence electrons. The molecule has 0 unspecified atom stereocenters. The summed E-state index contributed by atoms with van der Waals surface area (Å²) in [6, 6.07) is 3.53. The summed E-state index contributed by atoms with van der Waals surface area (Å²) >= 11 is 1.29. The molecule has 0 aromatic carbocycles. The largest absolute Gasteiger partial charge is 0.326 e. The molecule has 1 aromatic rings. The van der Waals surface area contributed by atoms with Crippen LogP contribution < -0.4 is 5.32 Å². The van der Waals surface area contributed by atoms with Crippen molar-refractivity contribution >= 4 is 23.6 Å². The number of nitrogens with zero attached hydrogens (tertiary/aromatic N) is 1. The van der Waals surface area contributed by atoms with Gasteiger partial charge in [-0.15, -0.1) is 0 Å². The number of nitrogens with one attached hydrogen (secondary N) is 1. The highest BCUT2D eigenvalue weighted by Crippen LogP contribution is 2.10. The minimum absolute atomic E-state index is 0.0899. The van der Waals surface area contributed by atoms with E-state index in [-0.39, 0.29) is 5.91 Å². The lowest BCUT2D eigenvalue weighted by molar-refractivity contribution is -0.114. The molecule has 0 fully saturated rings. The first-order valence-corrected chi connectivity index (χ1v) is 5.25. The maximum atomic E-state index is 10.8. The van der Waals surface area contributed by atoms with E-state index in [9.17, 15) is 4.79 Å². The van der Waals surface area contributed by atoms with Gasteiger partial charge in [-0.25, -0.2) is 0 Å². The monoisotopic (exact) mass is 212 g/mol. The zero-order valence-electron chi connectivity index (χ0n) is 8.11. The Morgan fingerprint density at radius 2 is 2.50 bits per heavy atom. The number of rotatable bonds is 4. The molecule has 0 bridgehead atoms. The molecule has 1 amide bonds. The molecule has 0 spiro atoms. The van der Waals surface area contributed by atoms with Gasteiger partial charge in [-0.2, -0.15) is 0 Å². The van der Waals surface area contributed by atoms with Gasteiger partial charge >= 0.3 is 0 Å². The van der Waals surface area contributed by atoms with Crippen molar-refractivity contribution in [3.8, 4) is 0 Å². The molecule has 0 radical (unpaired) electrons. The van der Waals surface area contributed by atoms with Gasteiger partial charge in [0.25, 0.3) is 0 Å². The zero-order valence-corrected chi connectivity index (χ0v) is 8.93. The second-order valence-electron chi connectivity index (χ2n) is 2.65. The molecule has 5 heteroatoms. The van der Waals surface area contributed by atoms with Crippen LogP contribution in [-0.2, 0) is 15.6 Å². The molecule has 1 N–H and O–H groups in total. The molecule has 1 rings (SSSR count). The maximum Gasteiger partial charge on any atom is 0.221 e. The van der Waals surface area contributed by atoms with Gasteiger partial charge in [0, 0.05) is 25.1 Å². The second kappa shape index (κ2) is 5.62. The lowest BCUT2D eigenvalue weighted by atomic mass is 10.3. The molecule has 1 heterocycles. The molecule has 0 aliphatic rings. The van der Waals surface area contributed by atoms with Crippen LogP contribution in [0.1, 0.15) is 12.6 Å². The van der Waals surface area contributed by atoms with Crippen molar-refractivity contribution in [2.75, 3.05) is 11.6 Å². The Morgan fingerprint density at radius 3 is 3.14 bits per heavy atom. The average Bonchev–Trinajstić information content (AvgIpc) is 2.14. The Bertz CT molecular complexity index is 317. The Balaban J connectivity index is 2.63. The normalized spacial score (nSPS) is 9.86. The molecule has 0 aliphatic carbocycles. The number of amides is 1. The Hall–Kier alpha value is -1.07. The highest BCUT2D eigenvalue weighted by molar-refractivity contribution is 7.93. The minimum atomic E-state index is -0.0899. The van der Waals surface area contributed by atoms with Gasteiger partial charge in [0.05, 0.1) is 5.69 Å². The van der Waals surface area contributed by atoms with Crippen molar-refractivity contribution in [2.45, 2.75) is 13.5 Å². The molecule has 0 atom stereocenters. The van der Waals surface area contributed by atoms with E-state index in [1.54, 1.807) is 18.3 Å². The van der Waals surface area contributed by atoms with E-state index in [4.69, 9.17) is 4.18 Å². The first-order chi connectivity index (χ1) is 6.72. The van der Waals surface area contributed by atoms with Crippen LogP contribution in [-0.4, -0.2) is 17.1 Å². The molecule has 1 aromatic heterocycles. The van der Waals surface area contributed by atoms with E-state index >= 15 is 0 Å². The summed E-state index contributed by atoms with van der Waals surface area (Å²) in [6.07, 6.45) is 3.49. The highest BCUT2D eigenvalue weighted by Gasteiger charge is 1.98. The average molecular weight is 212 g/mol. The third-order valence-corrected chi connectivity index (χ3v) is 1.82. The number of hydrogen-bond donors (Lipinski definition) is 1. The summed E-state index contributed by atoms with van der Waals surface area (Å²) in [5.74, 6) is -0.0899. The number of carbonyl (C=O) groups excluding carboxylic acids is 1. The number of carbonyl (C=O) groups is 1. The molecule has 4 nitrogen and oxygen atoms in total. The van der Waals surface area contributed by atoms with Crippen molar-refractivity contribution < 1.29 is 8.98 Å². The molecule has 0 saturated carbocycles. The van der Waals surface area contributed by atoms with Gasteiger partial charge in [-0.1, -0.05) is 0 Å². The van der Waals surface area contributed by atoms with Crippen molar-refractivity contribution in [1.82, 2.24) is 4.98 Å². The molecular weight excluding hydrogens is 200 g/mol. The van der Waals surface area contributed by atoms with Crippen LogP contribution in [0.3, 0.4) is 0 Å². The van der Waals surface area contributed by atoms with Crippen molar-refractivity contribution in [3.05, 3.63) is 24.0 Å². The number of anilines is 1. The second-order valence-corrected chi connectivity index (χ2v) is 3.21. The van der Waals surface area contributed by atoms with Gasteiger partial charge in [-0.05, 0) is 24.2 Å². The summed E-state index contributed by atoms with van der Waals surface area (Å²) < 4.78 is 5.12. The highest BCUT2D eigenvalue weighted by atomic mass is 32.2. The molecule has 14 heavy (non-hydrogen) atoms. The topological polar surface area (TPSA) is 51.2 Å². The van der Waals surface area contributed by atoms with E-state index < -0.39 is 0 Å². The van der Waals surface area contributed by atoms with Gasteiger partial charge in [0.1, 0.15) is 6.61 Å². The van der Waals surface area contributed by atoms with E-state index in [0.717, 1.165) is 11.4 Å². The fourth-order valence-electron chi connectivity index (χ4n) is 0.957. The lowest BCUT2D eigenvalue weighted by Crippen LogP contribution is -2.06. The zero-order chi connectivity index (χ0) is 10.4. The van der Waals surface area contributed by atoms with Crippen molar-refractivity contribution in [2.24, 2.45) is 0 Å². The maximum absolute atomic E-state index is 10.8. The van der Waals surface area contributed by atoms with Crippen LogP contribution in [0.2, 0.25) is 0 Å². The fourth-order valence-corrected chi connectivity index (χ4v) is 1.20. The quantitative estimate of drug-likeness (QED) is 0.774. The van der Waals surface area contributed by atoms with Crippen LogP contribution in [0.15, 0.2) is 18.3 Å². The van der Waals surface area contributed by atoms with Gasteiger partial charge < -0.3 is 9.50 Å². The first kappa shape index (κ1) is 11.0. The van der Waals surface area contributed by atoms with Crippen LogP contribution in [0.5, 0.6) is 0 Å². The van der Waals surface area contributed by atoms with Gasteiger partial charge in [0.2, 0.25) is 5.91 Å². The summed E-state index contributed by atoms with van der Waals surface area (Å²) in [5, 5.41) is 2.68. The Morgan fingerprint density at radius 1 is 1.71 bits per heavy atom. The van der Waals surface area contributed by atoms with Crippen LogP contribution >= 0.6 is 12.0 Å². The minimum Gasteiger partial charge on any atom is -0.326 e. The predicted octanol–water partition coefficient (Wildman–Crippen LogP) is 1.83. The SMILES string of the molecule is CSOCc1cc(NC(C)=O)ccn1. The van der Waals surface area contributed by atoms with Crippen molar-refractivity contribution in [3.63, 3.8) is 0 Å². The molecular formula is C9H12N2O2S. The number of hydrogen-bond acceptors (Lipinski definition) is 4. The molecule has 0 saturated heterocycles. The predicted molar refractivity (Wildman–Crippen MR) is 56.8 cm³/mol. The van der Waals surface area contributed by atoms with Crippen LogP contribution in [0.25, 0.3) is 0 Å². The molecule has 0 aliphatic heterocycles. The van der Waals surface area contributed by atoms with Gasteiger partial charge in [-0.3, -0.25) is 9.78 Å². The summed E-state index contributed by atoms with van der Waals surface area (Å²) in [7, 11) is 0. The van der Waals surface area contributed by atoms with E-state index in [1.807, 2.05) is 6.26 Å². The van der Waals surface area contributed by atoms with E-state index in [0.29, 0.717) is 6.61 Å². The number of pyridine rings is 1. The first-order valence-electron chi connectivity index (χ1n) is 4.10. The third-order valence-electron chi connectivity index (χ3n) is 1.46. The summed E-state index contributed by atoms with van der Waals surface area (Å²) in [6.45, 7) is 1.91. The van der Waals surface area contributed by atoms with Crippen LogP contribution in [0, 0.1) is 0 Å². The lowest BCUT2D eigenvalue weighted by Gasteiger charge is -2.04. The summed E-state index contributed by atoms with van der Waals surface area (Å²) in [5.41, 5.74) is 1.54. The van der Waals surface area contributed by atoms with Crippen LogP contribution in [0.4, 0.5) is 5.69 Å². The summed E-state index contributed by atoms with van der Waals surface area (Å²) in [4.78, 5) is 14.9. The number of aromatic nitrogens is 1. The fraction of sp³-hybridized carbons (Fsp3) is 0.333. The third kappa shape index (κ3) is 3.76. The van der Waals surface area contributed by atoms with E-state index in [2.05, 4.69) is 10.3 Å². The van der Waals surface area contributed by atoms with E-state index in [1.165, 1.54) is 19.0 Å². The standard InChI is InChI=1S/C9H12N2O2S/c1-7(12)11-8-3-4-10-9(5-8)6-13-14-2/h3-5H,6H2,1-2H3,(H,10,11,12). The Kier molecular flexibility index (Phi) is 4.42. The van der Waals surface area contributed by atoms with Crippen molar-refractivity contribution in [1.29, 1.82) is 0 Å².